The maximum Gasteiger partial charge on any atom is 0.308 e. The van der Waals surface area contributed by atoms with E-state index in [9.17, 15) is 9.90 Å². The van der Waals surface area contributed by atoms with E-state index in [1.807, 2.05) is 79.7 Å². The van der Waals surface area contributed by atoms with Crippen molar-refractivity contribution in [2.45, 2.75) is 19.8 Å². The van der Waals surface area contributed by atoms with Crippen molar-refractivity contribution in [3.8, 4) is 22.8 Å². The first-order chi connectivity index (χ1) is 16.5. The van der Waals surface area contributed by atoms with E-state index in [1.54, 1.807) is 0 Å². The average Bonchev–Trinajstić information content (AvgIpc) is 3.27. The van der Waals surface area contributed by atoms with Gasteiger partial charge in [0, 0.05) is 37.1 Å². The fourth-order valence-corrected chi connectivity index (χ4v) is 4.63. The number of allylic oxidation sites excluding steroid dienone is 1. The number of hydrogen-bond donors (Lipinski definition) is 2. The molecule has 0 saturated heterocycles. The standard InChI is InChI=1S/C26H28N4O3S/c1-3-7-19(25(31)32)15-28-26-29-23(24(34-26)20-14-27-17-30(2)16-20)18-10-12-22(13-11-18)33-21-8-5-4-6-9-21/h4-6,8-14,16,19H,3,7,15,17H2,1-2H3,(H,28,29)(H,31,32). The Morgan fingerprint density at radius 3 is 2.59 bits per heavy atom. The Bertz CT molecular complexity index is 1170. The van der Waals surface area contributed by atoms with Crippen LogP contribution in [0.1, 0.15) is 24.6 Å². The second-order valence-electron chi connectivity index (χ2n) is 8.14. The summed E-state index contributed by atoms with van der Waals surface area (Å²) in [6.45, 7) is 2.95. The normalized spacial score (nSPS) is 13.9. The molecule has 0 saturated carbocycles. The van der Waals surface area contributed by atoms with Crippen LogP contribution in [-0.4, -0.2) is 47.4 Å². The Morgan fingerprint density at radius 2 is 1.91 bits per heavy atom. The predicted molar refractivity (Wildman–Crippen MR) is 138 cm³/mol. The summed E-state index contributed by atoms with van der Waals surface area (Å²) in [6.07, 6.45) is 5.36. The molecule has 1 aliphatic heterocycles. The molecule has 1 atom stereocenters. The van der Waals surface area contributed by atoms with Crippen LogP contribution in [-0.2, 0) is 4.79 Å². The first kappa shape index (κ1) is 23.5. The molecular formula is C26H28N4O3S. The number of carbonyl (C=O) groups is 1. The predicted octanol–water partition coefficient (Wildman–Crippen LogP) is 5.83. The molecule has 0 bridgehead atoms. The first-order valence-electron chi connectivity index (χ1n) is 11.3. The van der Waals surface area contributed by atoms with Crippen molar-refractivity contribution in [1.82, 2.24) is 9.88 Å². The molecule has 2 heterocycles. The molecule has 2 aromatic carbocycles. The molecule has 34 heavy (non-hydrogen) atoms. The maximum atomic E-state index is 11.5. The highest BCUT2D eigenvalue weighted by Crippen LogP contribution is 2.37. The second-order valence-corrected chi connectivity index (χ2v) is 9.13. The number of benzene rings is 2. The minimum Gasteiger partial charge on any atom is -0.481 e. The number of thiazole rings is 1. The topological polar surface area (TPSA) is 87.1 Å². The number of hydrogen-bond acceptors (Lipinski definition) is 7. The third kappa shape index (κ3) is 5.82. The lowest BCUT2D eigenvalue weighted by atomic mass is 10.0. The van der Waals surface area contributed by atoms with Crippen molar-refractivity contribution < 1.29 is 14.6 Å². The van der Waals surface area contributed by atoms with Gasteiger partial charge in [-0.05, 0) is 42.8 Å². The number of anilines is 1. The Morgan fingerprint density at radius 1 is 1.18 bits per heavy atom. The van der Waals surface area contributed by atoms with Crippen LogP contribution >= 0.6 is 11.3 Å². The average molecular weight is 477 g/mol. The number of nitrogens with zero attached hydrogens (tertiary/aromatic N) is 3. The Labute approximate surface area is 203 Å². The fraction of sp³-hybridized carbons (Fsp3) is 0.269. The number of ether oxygens (including phenoxy) is 1. The monoisotopic (exact) mass is 476 g/mol. The molecule has 0 amide bonds. The van der Waals surface area contributed by atoms with E-state index in [0.717, 1.165) is 39.6 Å². The highest BCUT2D eigenvalue weighted by molar-refractivity contribution is 7.17. The molecular weight excluding hydrogens is 448 g/mol. The third-order valence-electron chi connectivity index (χ3n) is 5.38. The molecule has 0 radical (unpaired) electrons. The number of nitrogens with one attached hydrogen (secondary N) is 1. The van der Waals surface area contributed by atoms with Crippen molar-refractivity contribution in [3.63, 3.8) is 0 Å². The van der Waals surface area contributed by atoms with Gasteiger partial charge in [-0.1, -0.05) is 42.9 Å². The summed E-state index contributed by atoms with van der Waals surface area (Å²) in [4.78, 5) is 23.8. The van der Waals surface area contributed by atoms with Gasteiger partial charge < -0.3 is 20.1 Å². The van der Waals surface area contributed by atoms with E-state index < -0.39 is 11.9 Å². The number of carboxylic acids is 1. The highest BCUT2D eigenvalue weighted by atomic mass is 32.1. The van der Waals surface area contributed by atoms with Crippen molar-refractivity contribution in [3.05, 3.63) is 65.7 Å². The molecule has 4 rings (SSSR count). The van der Waals surface area contributed by atoms with Crippen LogP contribution in [0.3, 0.4) is 0 Å². The van der Waals surface area contributed by atoms with Gasteiger partial charge in [0.1, 0.15) is 18.2 Å². The van der Waals surface area contributed by atoms with E-state index in [0.29, 0.717) is 24.8 Å². The van der Waals surface area contributed by atoms with E-state index in [-0.39, 0.29) is 0 Å². The Kier molecular flexibility index (Phi) is 7.59. The Balaban J connectivity index is 1.61. The van der Waals surface area contributed by atoms with Crippen molar-refractivity contribution in [1.29, 1.82) is 0 Å². The van der Waals surface area contributed by atoms with Crippen LogP contribution in [0.25, 0.3) is 16.8 Å². The number of aliphatic carboxylic acids is 1. The zero-order valence-electron chi connectivity index (χ0n) is 19.3. The van der Waals surface area contributed by atoms with Gasteiger partial charge in [-0.2, -0.15) is 0 Å². The summed E-state index contributed by atoms with van der Waals surface area (Å²) < 4.78 is 5.92. The summed E-state index contributed by atoms with van der Waals surface area (Å²) in [5, 5.41) is 13.4. The smallest absolute Gasteiger partial charge is 0.308 e. The van der Waals surface area contributed by atoms with E-state index in [1.165, 1.54) is 11.3 Å². The number of aromatic nitrogens is 1. The molecule has 1 unspecified atom stereocenters. The number of aliphatic imine (C=N–C) groups is 1. The van der Waals surface area contributed by atoms with Gasteiger partial charge in [-0.15, -0.1) is 0 Å². The molecule has 1 aromatic heterocycles. The van der Waals surface area contributed by atoms with E-state index >= 15 is 0 Å². The summed E-state index contributed by atoms with van der Waals surface area (Å²) in [7, 11) is 1.98. The number of para-hydroxylation sites is 1. The third-order valence-corrected chi connectivity index (χ3v) is 6.44. The van der Waals surface area contributed by atoms with Crippen molar-refractivity contribution >= 4 is 34.2 Å². The summed E-state index contributed by atoms with van der Waals surface area (Å²) >= 11 is 1.51. The SMILES string of the molecule is CCCC(CNc1nc(-c2ccc(Oc3ccccc3)cc2)c(C2=CN(C)CN=C2)s1)C(=O)O. The largest absolute Gasteiger partial charge is 0.481 e. The first-order valence-corrected chi connectivity index (χ1v) is 12.1. The van der Waals surface area contributed by atoms with Gasteiger partial charge in [0.15, 0.2) is 5.13 Å². The zero-order valence-corrected chi connectivity index (χ0v) is 20.1. The summed E-state index contributed by atoms with van der Waals surface area (Å²) in [5.74, 6) is 0.288. The quantitative estimate of drug-likeness (QED) is 0.383. The molecule has 0 aliphatic carbocycles. The Hall–Kier alpha value is -3.65. The minimum atomic E-state index is -0.788. The van der Waals surface area contributed by atoms with Crippen molar-refractivity contribution in [2.24, 2.45) is 10.9 Å². The molecule has 2 N–H and O–H groups in total. The second kappa shape index (κ2) is 11.0. The maximum absolute atomic E-state index is 11.5. The van der Waals surface area contributed by atoms with Gasteiger partial charge in [0.2, 0.25) is 0 Å². The van der Waals surface area contributed by atoms with Gasteiger partial charge >= 0.3 is 5.97 Å². The highest BCUT2D eigenvalue weighted by Gasteiger charge is 2.20. The molecule has 176 valence electrons. The van der Waals surface area contributed by atoms with Crippen molar-refractivity contribution in [2.75, 3.05) is 25.6 Å². The van der Waals surface area contributed by atoms with Gasteiger partial charge in [0.05, 0.1) is 16.5 Å². The molecule has 0 fully saturated rings. The van der Waals surface area contributed by atoms with Crippen LogP contribution in [0.2, 0.25) is 0 Å². The van der Waals surface area contributed by atoms with Crippen LogP contribution in [0.5, 0.6) is 11.5 Å². The van der Waals surface area contributed by atoms with E-state index in [4.69, 9.17) is 9.72 Å². The molecule has 3 aromatic rings. The molecule has 0 spiro atoms. The summed E-state index contributed by atoms with van der Waals surface area (Å²) in [6, 6.07) is 17.5. The van der Waals surface area contributed by atoms with Crippen LogP contribution in [0, 0.1) is 5.92 Å². The van der Waals surface area contributed by atoms with Crippen LogP contribution in [0.4, 0.5) is 5.13 Å². The molecule has 7 nitrogen and oxygen atoms in total. The number of rotatable bonds is 10. The van der Waals surface area contributed by atoms with Gasteiger partial charge in [-0.3, -0.25) is 9.79 Å². The summed E-state index contributed by atoms with van der Waals surface area (Å²) in [5.41, 5.74) is 2.75. The number of carboxylic acid groups (broad SMARTS) is 1. The lowest BCUT2D eigenvalue weighted by Gasteiger charge is -2.17. The van der Waals surface area contributed by atoms with Crippen LogP contribution in [0.15, 0.2) is 65.8 Å². The van der Waals surface area contributed by atoms with Gasteiger partial charge in [-0.25, -0.2) is 4.98 Å². The molecule has 1 aliphatic rings. The lowest BCUT2D eigenvalue weighted by Crippen LogP contribution is -2.22. The molecule has 8 heteroatoms. The minimum absolute atomic E-state index is 0.340. The van der Waals surface area contributed by atoms with Crippen LogP contribution < -0.4 is 10.1 Å². The lowest BCUT2D eigenvalue weighted by molar-refractivity contribution is -0.141. The zero-order chi connectivity index (χ0) is 23.9. The van der Waals surface area contributed by atoms with Gasteiger partial charge in [0.25, 0.3) is 0 Å². The van der Waals surface area contributed by atoms with E-state index in [2.05, 4.69) is 16.5 Å². The fourth-order valence-electron chi connectivity index (χ4n) is 3.66.